The molecule has 0 aliphatic heterocycles. The molecule has 0 spiro atoms. The van der Waals surface area contributed by atoms with E-state index < -0.39 is 10.7 Å². The maximum absolute atomic E-state index is 13.1. The van der Waals surface area contributed by atoms with Crippen molar-refractivity contribution < 1.29 is 19.2 Å². The van der Waals surface area contributed by atoms with Crippen LogP contribution >= 0.6 is 23.2 Å². The number of allylic oxidation sites excluding steroid dienone is 1. The number of hydrogen-bond acceptors (Lipinski definition) is 5. The Morgan fingerprint density at radius 3 is 2.03 bits per heavy atom. The highest BCUT2D eigenvalue weighted by Crippen LogP contribution is 2.29. The molecule has 30 heavy (non-hydrogen) atoms. The van der Waals surface area contributed by atoms with Crippen molar-refractivity contribution in [3.05, 3.63) is 104 Å². The van der Waals surface area contributed by atoms with E-state index in [2.05, 4.69) is 0 Å². The molecule has 3 aromatic carbocycles. The summed E-state index contributed by atoms with van der Waals surface area (Å²) in [6.07, 6.45) is 1.44. The van der Waals surface area contributed by atoms with Crippen LogP contribution in [0.3, 0.4) is 0 Å². The van der Waals surface area contributed by atoms with Gasteiger partial charge < -0.3 is 9.47 Å². The molecule has 0 aliphatic carbocycles. The van der Waals surface area contributed by atoms with Gasteiger partial charge in [0.15, 0.2) is 5.76 Å². The number of non-ortho nitro benzene ring substituents is 1. The lowest BCUT2D eigenvalue weighted by Gasteiger charge is -2.11. The van der Waals surface area contributed by atoms with Gasteiger partial charge in [-0.05, 0) is 54.6 Å². The maximum atomic E-state index is 13.1. The predicted molar refractivity (Wildman–Crippen MR) is 115 cm³/mol. The largest absolute Gasteiger partial charge is 0.497 e. The SMILES string of the molecule is COc1ccc(C(=O)/C(=C\c2c(Cl)cccc2Cl)Oc2ccc([N+](=O)[O-])cc2)cc1. The summed E-state index contributed by atoms with van der Waals surface area (Å²) in [4.78, 5) is 23.5. The molecule has 0 saturated heterocycles. The van der Waals surface area contributed by atoms with Crippen LogP contribution in [0.5, 0.6) is 11.5 Å². The molecule has 0 fully saturated rings. The van der Waals surface area contributed by atoms with Crippen LogP contribution in [0.1, 0.15) is 15.9 Å². The zero-order valence-corrected chi connectivity index (χ0v) is 17.2. The summed E-state index contributed by atoms with van der Waals surface area (Å²) in [6, 6.07) is 16.8. The van der Waals surface area contributed by atoms with E-state index in [0.29, 0.717) is 26.9 Å². The van der Waals surface area contributed by atoms with Crippen LogP contribution in [-0.2, 0) is 0 Å². The van der Waals surface area contributed by atoms with Crippen molar-refractivity contribution in [3.8, 4) is 11.5 Å². The van der Waals surface area contributed by atoms with Gasteiger partial charge in [-0.15, -0.1) is 0 Å². The fourth-order valence-electron chi connectivity index (χ4n) is 2.57. The fourth-order valence-corrected chi connectivity index (χ4v) is 3.08. The first-order chi connectivity index (χ1) is 14.4. The van der Waals surface area contributed by atoms with Crippen molar-refractivity contribution in [2.45, 2.75) is 0 Å². The highest BCUT2D eigenvalue weighted by Gasteiger charge is 2.18. The minimum Gasteiger partial charge on any atom is -0.497 e. The number of carbonyl (C=O) groups excluding carboxylic acids is 1. The molecule has 0 bridgehead atoms. The first kappa shape index (κ1) is 21.4. The molecule has 0 radical (unpaired) electrons. The number of methoxy groups -OCH3 is 1. The lowest BCUT2D eigenvalue weighted by Crippen LogP contribution is -2.10. The van der Waals surface area contributed by atoms with Gasteiger partial charge in [-0.3, -0.25) is 14.9 Å². The van der Waals surface area contributed by atoms with E-state index >= 15 is 0 Å². The molecule has 3 rings (SSSR count). The van der Waals surface area contributed by atoms with Gasteiger partial charge in [0.2, 0.25) is 5.78 Å². The minimum atomic E-state index is -0.521. The zero-order chi connectivity index (χ0) is 21.7. The molecule has 0 atom stereocenters. The van der Waals surface area contributed by atoms with Crippen molar-refractivity contribution in [3.63, 3.8) is 0 Å². The summed E-state index contributed by atoms with van der Waals surface area (Å²) in [6.45, 7) is 0. The minimum absolute atomic E-state index is 0.0518. The smallest absolute Gasteiger partial charge is 0.269 e. The average molecular weight is 444 g/mol. The van der Waals surface area contributed by atoms with Crippen molar-refractivity contribution in [2.24, 2.45) is 0 Å². The van der Waals surface area contributed by atoms with E-state index in [0.717, 1.165) is 0 Å². The van der Waals surface area contributed by atoms with Gasteiger partial charge in [-0.1, -0.05) is 29.3 Å². The number of carbonyl (C=O) groups is 1. The topological polar surface area (TPSA) is 78.7 Å². The lowest BCUT2D eigenvalue weighted by atomic mass is 10.1. The average Bonchev–Trinajstić information content (AvgIpc) is 2.75. The summed E-state index contributed by atoms with van der Waals surface area (Å²) < 4.78 is 10.9. The van der Waals surface area contributed by atoms with E-state index in [1.54, 1.807) is 42.5 Å². The van der Waals surface area contributed by atoms with Gasteiger partial charge in [0, 0.05) is 33.3 Å². The molecule has 0 aliphatic rings. The number of benzene rings is 3. The standard InChI is InChI=1S/C22H15Cl2NO5/c1-29-16-9-5-14(6-10-16)22(26)21(13-18-19(23)3-2-4-20(18)24)30-17-11-7-15(8-12-17)25(27)28/h2-13H,1H3/b21-13+. The zero-order valence-electron chi connectivity index (χ0n) is 15.7. The van der Waals surface area contributed by atoms with Crippen molar-refractivity contribution in [2.75, 3.05) is 7.11 Å². The van der Waals surface area contributed by atoms with E-state index in [-0.39, 0.29) is 17.2 Å². The second kappa shape index (κ2) is 9.43. The third-order valence-corrected chi connectivity index (χ3v) is 4.79. The second-order valence-corrected chi connectivity index (χ2v) is 6.87. The number of nitro benzene ring substituents is 1. The normalized spacial score (nSPS) is 11.1. The Kier molecular flexibility index (Phi) is 6.72. The number of Topliss-reactive ketones (excluding diaryl/α,β-unsaturated/α-hetero) is 1. The van der Waals surface area contributed by atoms with E-state index in [4.69, 9.17) is 32.7 Å². The number of hydrogen-bond donors (Lipinski definition) is 0. The molecule has 0 aromatic heterocycles. The van der Waals surface area contributed by atoms with Crippen molar-refractivity contribution >= 4 is 40.7 Å². The first-order valence-corrected chi connectivity index (χ1v) is 9.41. The highest BCUT2D eigenvalue weighted by atomic mass is 35.5. The molecule has 8 heteroatoms. The summed E-state index contributed by atoms with van der Waals surface area (Å²) >= 11 is 12.5. The molecular weight excluding hydrogens is 429 g/mol. The van der Waals surface area contributed by atoms with Gasteiger partial charge in [-0.2, -0.15) is 0 Å². The molecule has 0 unspecified atom stereocenters. The van der Waals surface area contributed by atoms with Crippen LogP contribution in [0, 0.1) is 10.1 Å². The number of rotatable bonds is 7. The Hall–Kier alpha value is -3.35. The van der Waals surface area contributed by atoms with Crippen LogP contribution in [0.2, 0.25) is 10.0 Å². The van der Waals surface area contributed by atoms with Crippen LogP contribution in [0.25, 0.3) is 6.08 Å². The lowest BCUT2D eigenvalue weighted by molar-refractivity contribution is -0.384. The molecule has 0 amide bonds. The summed E-state index contributed by atoms with van der Waals surface area (Å²) in [5.41, 5.74) is 0.676. The summed E-state index contributed by atoms with van der Waals surface area (Å²) in [5, 5.41) is 11.5. The van der Waals surface area contributed by atoms with E-state index in [1.807, 2.05) is 0 Å². The number of nitro groups is 1. The molecule has 3 aromatic rings. The van der Waals surface area contributed by atoms with Crippen LogP contribution < -0.4 is 9.47 Å². The first-order valence-electron chi connectivity index (χ1n) is 8.66. The number of halogens is 2. The van der Waals surface area contributed by atoms with Gasteiger partial charge in [0.1, 0.15) is 11.5 Å². The highest BCUT2D eigenvalue weighted by molar-refractivity contribution is 6.37. The van der Waals surface area contributed by atoms with Crippen LogP contribution in [-0.4, -0.2) is 17.8 Å². The van der Waals surface area contributed by atoms with E-state index in [9.17, 15) is 14.9 Å². The summed E-state index contributed by atoms with van der Waals surface area (Å²) in [7, 11) is 1.53. The number of nitrogens with zero attached hydrogens (tertiary/aromatic N) is 1. The third-order valence-electron chi connectivity index (χ3n) is 4.13. The molecule has 152 valence electrons. The van der Waals surface area contributed by atoms with Crippen LogP contribution in [0.4, 0.5) is 5.69 Å². The molecule has 0 saturated carbocycles. The van der Waals surface area contributed by atoms with Crippen LogP contribution in [0.15, 0.2) is 72.5 Å². The molecule has 0 N–H and O–H groups in total. The Bertz CT molecular complexity index is 1090. The Labute approximate surface area is 182 Å². The van der Waals surface area contributed by atoms with E-state index in [1.165, 1.54) is 37.5 Å². The van der Waals surface area contributed by atoms with Gasteiger partial charge in [0.05, 0.1) is 12.0 Å². The molecule has 6 nitrogen and oxygen atoms in total. The van der Waals surface area contributed by atoms with Gasteiger partial charge in [0.25, 0.3) is 5.69 Å². The number of ether oxygens (including phenoxy) is 2. The van der Waals surface area contributed by atoms with Gasteiger partial charge >= 0.3 is 0 Å². The third kappa shape index (κ3) is 4.97. The molecular formula is C22H15Cl2NO5. The molecule has 0 heterocycles. The van der Waals surface area contributed by atoms with Crippen molar-refractivity contribution in [1.82, 2.24) is 0 Å². The Morgan fingerprint density at radius 2 is 1.50 bits per heavy atom. The fraction of sp³-hybridized carbons (Fsp3) is 0.0455. The Balaban J connectivity index is 2.02. The quantitative estimate of drug-likeness (QED) is 0.142. The van der Waals surface area contributed by atoms with Crippen molar-refractivity contribution in [1.29, 1.82) is 0 Å². The number of ketones is 1. The monoisotopic (exact) mass is 443 g/mol. The van der Waals surface area contributed by atoms with Gasteiger partial charge in [-0.25, -0.2) is 0 Å². The second-order valence-electron chi connectivity index (χ2n) is 6.05. The maximum Gasteiger partial charge on any atom is 0.269 e. The summed E-state index contributed by atoms with van der Waals surface area (Å²) in [5.74, 6) is 0.371. The predicted octanol–water partition coefficient (Wildman–Crippen LogP) is 6.21. The Morgan fingerprint density at radius 1 is 0.933 bits per heavy atom.